The summed E-state index contributed by atoms with van der Waals surface area (Å²) in [5.74, 6) is 0.228. The molecule has 0 fully saturated rings. The van der Waals surface area contributed by atoms with Crippen LogP contribution in [-0.2, 0) is 10.0 Å². The molecule has 0 atom stereocenters. The fourth-order valence-electron chi connectivity index (χ4n) is 2.57. The van der Waals surface area contributed by atoms with Gasteiger partial charge in [0.05, 0.1) is 27.6 Å². The number of rotatable bonds is 5. The van der Waals surface area contributed by atoms with E-state index in [1.165, 1.54) is 48.0 Å². The second-order valence-electron chi connectivity index (χ2n) is 5.68. The largest absolute Gasteiger partial charge is 0.495 e. The first-order valence-electron chi connectivity index (χ1n) is 7.86. The molecule has 1 amide bonds. The second kappa shape index (κ2) is 7.38. The van der Waals surface area contributed by atoms with E-state index in [0.29, 0.717) is 16.3 Å². The minimum atomic E-state index is -3.80. The molecule has 0 aliphatic heterocycles. The Morgan fingerprint density at radius 2 is 1.93 bits per heavy atom. The third-order valence-corrected chi connectivity index (χ3v) is 7.29. The van der Waals surface area contributed by atoms with Gasteiger partial charge in [0.2, 0.25) is 0 Å². The third-order valence-electron chi connectivity index (χ3n) is 4.10. The molecule has 0 spiro atoms. The molecule has 1 N–H and O–H groups in total. The first-order chi connectivity index (χ1) is 12.8. The Hall–Kier alpha value is -2.29. The Kier molecular flexibility index (Phi) is 5.32. The van der Waals surface area contributed by atoms with Gasteiger partial charge in [0.15, 0.2) is 0 Å². The van der Waals surface area contributed by atoms with Crippen LogP contribution in [0.2, 0.25) is 5.02 Å². The average molecular weight is 425 g/mol. The van der Waals surface area contributed by atoms with Crippen LogP contribution in [0.15, 0.2) is 47.4 Å². The van der Waals surface area contributed by atoms with Crippen LogP contribution in [0.4, 0.5) is 5.69 Å². The summed E-state index contributed by atoms with van der Waals surface area (Å²) >= 11 is 7.42. The molecule has 3 aromatic rings. The number of halogens is 1. The number of nitrogens with one attached hydrogen (secondary N) is 1. The van der Waals surface area contributed by atoms with Crippen LogP contribution in [0.5, 0.6) is 5.75 Å². The molecular formula is C18H17ClN2O4S2. The van der Waals surface area contributed by atoms with E-state index in [2.05, 4.69) is 5.32 Å². The Bertz CT molecular complexity index is 1130. The number of nitrogens with zero attached hydrogens (tertiary/aromatic N) is 1. The standard InChI is InChI=1S/C18H17ClN2O4S2/c1-20-18(22)17-9-11-8-12(4-7-16(11)26-17)21(2)27(23,24)13-5-6-15(25-3)14(19)10-13/h4-10H,1-3H3,(H,20,22). The maximum atomic E-state index is 12.9. The molecule has 27 heavy (non-hydrogen) atoms. The molecule has 0 aliphatic rings. The Morgan fingerprint density at radius 1 is 1.19 bits per heavy atom. The van der Waals surface area contributed by atoms with Crippen LogP contribution in [0.1, 0.15) is 9.67 Å². The summed E-state index contributed by atoms with van der Waals surface area (Å²) in [5.41, 5.74) is 0.482. The quantitative estimate of drug-likeness (QED) is 0.676. The molecule has 0 saturated heterocycles. The number of thiophene rings is 1. The Morgan fingerprint density at radius 3 is 2.56 bits per heavy atom. The number of carbonyl (C=O) groups is 1. The zero-order chi connectivity index (χ0) is 19.8. The van der Waals surface area contributed by atoms with E-state index in [-0.39, 0.29) is 15.8 Å². The highest BCUT2D eigenvalue weighted by atomic mass is 35.5. The summed E-state index contributed by atoms with van der Waals surface area (Å²) in [6.07, 6.45) is 0. The minimum Gasteiger partial charge on any atom is -0.495 e. The number of carbonyl (C=O) groups excluding carboxylic acids is 1. The summed E-state index contributed by atoms with van der Waals surface area (Å²) in [5, 5.41) is 3.60. The van der Waals surface area contributed by atoms with Crippen LogP contribution in [0, 0.1) is 0 Å². The molecule has 6 nitrogen and oxygen atoms in total. The van der Waals surface area contributed by atoms with Gasteiger partial charge in [0.1, 0.15) is 5.75 Å². The number of sulfonamides is 1. The lowest BCUT2D eigenvalue weighted by molar-refractivity contribution is 0.0967. The summed E-state index contributed by atoms with van der Waals surface area (Å²) < 4.78 is 33.0. The van der Waals surface area contributed by atoms with Crippen molar-refractivity contribution >= 4 is 54.6 Å². The maximum Gasteiger partial charge on any atom is 0.264 e. The van der Waals surface area contributed by atoms with Crippen LogP contribution < -0.4 is 14.4 Å². The van der Waals surface area contributed by atoms with Gasteiger partial charge in [0.25, 0.3) is 15.9 Å². The Labute approximate surface area is 166 Å². The first kappa shape index (κ1) is 19.5. The molecule has 0 aliphatic carbocycles. The highest BCUT2D eigenvalue weighted by molar-refractivity contribution is 7.92. The van der Waals surface area contributed by atoms with Crippen molar-refractivity contribution in [3.63, 3.8) is 0 Å². The van der Waals surface area contributed by atoms with Gasteiger partial charge < -0.3 is 10.1 Å². The van der Waals surface area contributed by atoms with Gasteiger partial charge in [-0.3, -0.25) is 9.10 Å². The summed E-state index contributed by atoms with van der Waals surface area (Å²) in [4.78, 5) is 12.4. The minimum absolute atomic E-state index is 0.0623. The predicted octanol–water partition coefficient (Wildman–Crippen LogP) is 3.75. The zero-order valence-electron chi connectivity index (χ0n) is 14.8. The van der Waals surface area contributed by atoms with E-state index in [4.69, 9.17) is 16.3 Å². The van der Waals surface area contributed by atoms with Crippen LogP contribution in [-0.4, -0.2) is 35.5 Å². The smallest absolute Gasteiger partial charge is 0.264 e. The van der Waals surface area contributed by atoms with Gasteiger partial charge in [-0.25, -0.2) is 8.42 Å². The van der Waals surface area contributed by atoms with Crippen molar-refractivity contribution in [1.82, 2.24) is 5.32 Å². The molecule has 0 saturated carbocycles. The number of hydrogen-bond donors (Lipinski definition) is 1. The summed E-state index contributed by atoms with van der Waals surface area (Å²) in [7, 11) is 0.699. The lowest BCUT2D eigenvalue weighted by Crippen LogP contribution is -2.26. The van der Waals surface area contributed by atoms with E-state index in [1.54, 1.807) is 31.3 Å². The zero-order valence-corrected chi connectivity index (χ0v) is 17.2. The van der Waals surface area contributed by atoms with Gasteiger partial charge in [-0.1, -0.05) is 11.6 Å². The van der Waals surface area contributed by atoms with E-state index in [0.717, 1.165) is 10.1 Å². The average Bonchev–Trinajstić information content (AvgIpc) is 3.09. The van der Waals surface area contributed by atoms with Crippen molar-refractivity contribution in [2.45, 2.75) is 4.90 Å². The fraction of sp³-hybridized carbons (Fsp3) is 0.167. The van der Waals surface area contributed by atoms with Crippen molar-refractivity contribution in [2.75, 3.05) is 25.5 Å². The second-order valence-corrected chi connectivity index (χ2v) is 9.14. The van der Waals surface area contributed by atoms with Crippen molar-refractivity contribution in [1.29, 1.82) is 0 Å². The van der Waals surface area contributed by atoms with Crippen molar-refractivity contribution in [3.05, 3.63) is 52.4 Å². The fourth-order valence-corrected chi connectivity index (χ4v) is 5.09. The number of benzene rings is 2. The van der Waals surface area contributed by atoms with E-state index in [1.807, 2.05) is 0 Å². The van der Waals surface area contributed by atoms with Gasteiger partial charge in [-0.2, -0.15) is 0 Å². The van der Waals surface area contributed by atoms with Crippen LogP contribution in [0.3, 0.4) is 0 Å². The third kappa shape index (κ3) is 3.60. The molecule has 0 unspecified atom stereocenters. The predicted molar refractivity (Wildman–Crippen MR) is 109 cm³/mol. The van der Waals surface area contributed by atoms with Gasteiger partial charge in [-0.05, 0) is 47.9 Å². The maximum absolute atomic E-state index is 12.9. The molecule has 1 heterocycles. The van der Waals surface area contributed by atoms with Crippen LogP contribution in [0.25, 0.3) is 10.1 Å². The number of methoxy groups -OCH3 is 1. The first-order valence-corrected chi connectivity index (χ1v) is 10.5. The molecule has 1 aromatic heterocycles. The van der Waals surface area contributed by atoms with E-state index in [9.17, 15) is 13.2 Å². The lowest BCUT2D eigenvalue weighted by atomic mass is 10.2. The van der Waals surface area contributed by atoms with Gasteiger partial charge >= 0.3 is 0 Å². The number of anilines is 1. The molecule has 142 valence electrons. The number of hydrogen-bond acceptors (Lipinski definition) is 5. The highest BCUT2D eigenvalue weighted by Crippen LogP contribution is 2.33. The van der Waals surface area contributed by atoms with Gasteiger partial charge in [0, 0.05) is 18.8 Å². The summed E-state index contributed by atoms with van der Waals surface area (Å²) in [6, 6.07) is 11.3. The molecule has 9 heteroatoms. The lowest BCUT2D eigenvalue weighted by Gasteiger charge is -2.20. The van der Waals surface area contributed by atoms with Gasteiger partial charge in [-0.15, -0.1) is 11.3 Å². The van der Waals surface area contributed by atoms with Crippen molar-refractivity contribution in [2.24, 2.45) is 0 Å². The Balaban J connectivity index is 1.99. The SMILES string of the molecule is CNC(=O)c1cc2cc(N(C)S(=O)(=O)c3ccc(OC)c(Cl)c3)ccc2s1. The topological polar surface area (TPSA) is 75.7 Å². The number of fused-ring (bicyclic) bond motifs is 1. The van der Waals surface area contributed by atoms with Crippen LogP contribution >= 0.6 is 22.9 Å². The molecular weight excluding hydrogens is 408 g/mol. The number of ether oxygens (including phenoxy) is 1. The normalized spacial score (nSPS) is 11.4. The molecule has 0 radical (unpaired) electrons. The van der Waals surface area contributed by atoms with E-state index < -0.39 is 10.0 Å². The van der Waals surface area contributed by atoms with Crippen molar-refractivity contribution < 1.29 is 17.9 Å². The van der Waals surface area contributed by atoms with Crippen molar-refractivity contribution in [3.8, 4) is 5.75 Å². The molecule has 3 rings (SSSR count). The monoisotopic (exact) mass is 424 g/mol. The highest BCUT2D eigenvalue weighted by Gasteiger charge is 2.23. The number of amides is 1. The molecule has 0 bridgehead atoms. The molecule has 2 aromatic carbocycles. The van der Waals surface area contributed by atoms with E-state index >= 15 is 0 Å². The summed E-state index contributed by atoms with van der Waals surface area (Å²) in [6.45, 7) is 0.